The molecule has 17 heavy (non-hydrogen) atoms. The number of anilines is 1. The van der Waals surface area contributed by atoms with Crippen LogP contribution in [0.4, 0.5) is 5.69 Å². The van der Waals surface area contributed by atoms with Crippen LogP contribution in [0.3, 0.4) is 0 Å². The summed E-state index contributed by atoms with van der Waals surface area (Å²) in [6.45, 7) is 1.47. The van der Waals surface area contributed by atoms with Gasteiger partial charge in [0.05, 0.1) is 25.8 Å². The molecule has 92 valence electrons. The number of carbonyl (C=O) groups excluding carboxylic acids is 1. The van der Waals surface area contributed by atoms with E-state index in [0.29, 0.717) is 17.2 Å². The first kappa shape index (κ1) is 11.7. The lowest BCUT2D eigenvalue weighted by atomic mass is 10.0. The molecule has 1 aromatic carbocycles. The van der Waals surface area contributed by atoms with Crippen molar-refractivity contribution >= 4 is 11.6 Å². The Hall–Kier alpha value is -1.75. The van der Waals surface area contributed by atoms with Crippen molar-refractivity contribution < 1.29 is 14.3 Å². The number of amides is 1. The third-order valence-corrected chi connectivity index (χ3v) is 2.82. The highest BCUT2D eigenvalue weighted by Gasteiger charge is 2.25. The molecule has 0 aliphatic carbocycles. The van der Waals surface area contributed by atoms with Gasteiger partial charge in [-0.25, -0.2) is 0 Å². The molecule has 0 saturated carbocycles. The number of ether oxygens (including phenoxy) is 2. The zero-order valence-electron chi connectivity index (χ0n) is 9.95. The molecule has 1 fully saturated rings. The number of benzene rings is 1. The van der Waals surface area contributed by atoms with Gasteiger partial charge >= 0.3 is 0 Å². The largest absolute Gasteiger partial charge is 0.497 e. The Morgan fingerprint density at radius 2 is 2.12 bits per heavy atom. The molecule has 0 atom stereocenters. The average molecular weight is 236 g/mol. The summed E-state index contributed by atoms with van der Waals surface area (Å²) in [5, 5.41) is 5.92. The summed E-state index contributed by atoms with van der Waals surface area (Å²) in [6.07, 6.45) is 0. The van der Waals surface area contributed by atoms with Gasteiger partial charge in [-0.05, 0) is 12.1 Å². The van der Waals surface area contributed by atoms with Gasteiger partial charge in [-0.1, -0.05) is 0 Å². The molecule has 1 saturated heterocycles. The fraction of sp³-hybridized carbons (Fsp3) is 0.417. The quantitative estimate of drug-likeness (QED) is 0.814. The summed E-state index contributed by atoms with van der Waals surface area (Å²) in [6, 6.07) is 5.32. The molecule has 1 aromatic rings. The molecule has 2 N–H and O–H groups in total. The molecule has 2 rings (SSSR count). The van der Waals surface area contributed by atoms with Crippen molar-refractivity contribution in [2.24, 2.45) is 5.92 Å². The van der Waals surface area contributed by atoms with Crippen LogP contribution in [-0.4, -0.2) is 33.2 Å². The highest BCUT2D eigenvalue weighted by Crippen LogP contribution is 2.29. The van der Waals surface area contributed by atoms with Crippen molar-refractivity contribution in [2.75, 3.05) is 32.6 Å². The van der Waals surface area contributed by atoms with Gasteiger partial charge in [0.2, 0.25) is 5.91 Å². The van der Waals surface area contributed by atoms with Gasteiger partial charge in [0.15, 0.2) is 0 Å². The second-order valence-corrected chi connectivity index (χ2v) is 3.91. The Kier molecular flexibility index (Phi) is 3.49. The van der Waals surface area contributed by atoms with E-state index in [2.05, 4.69) is 10.6 Å². The maximum atomic E-state index is 11.8. The predicted octanol–water partition coefficient (Wildman–Crippen LogP) is 0.862. The predicted molar refractivity (Wildman–Crippen MR) is 64.5 cm³/mol. The van der Waals surface area contributed by atoms with Crippen molar-refractivity contribution in [1.82, 2.24) is 5.32 Å². The van der Waals surface area contributed by atoms with Crippen molar-refractivity contribution in [3.63, 3.8) is 0 Å². The zero-order valence-corrected chi connectivity index (χ0v) is 9.95. The monoisotopic (exact) mass is 236 g/mol. The average Bonchev–Trinajstić information content (AvgIpc) is 2.26. The number of hydrogen-bond acceptors (Lipinski definition) is 4. The highest BCUT2D eigenvalue weighted by atomic mass is 16.5. The van der Waals surface area contributed by atoms with Crippen LogP contribution < -0.4 is 20.1 Å². The second kappa shape index (κ2) is 5.05. The second-order valence-electron chi connectivity index (χ2n) is 3.91. The topological polar surface area (TPSA) is 59.6 Å². The van der Waals surface area contributed by atoms with Gasteiger partial charge in [0, 0.05) is 19.2 Å². The van der Waals surface area contributed by atoms with Gasteiger partial charge < -0.3 is 20.1 Å². The standard InChI is InChI=1S/C12H16N2O3/c1-16-9-3-4-11(17-2)10(5-9)14-12(15)8-6-13-7-8/h3-5,8,13H,6-7H2,1-2H3,(H,14,15). The third-order valence-electron chi connectivity index (χ3n) is 2.82. The molecular formula is C12H16N2O3. The molecule has 0 bridgehead atoms. The lowest BCUT2D eigenvalue weighted by Crippen LogP contribution is -2.48. The summed E-state index contributed by atoms with van der Waals surface area (Å²) in [5.74, 6) is 1.38. The normalized spacial score (nSPS) is 14.9. The molecule has 0 unspecified atom stereocenters. The summed E-state index contributed by atoms with van der Waals surface area (Å²) < 4.78 is 10.3. The molecule has 0 spiro atoms. The Bertz CT molecular complexity index is 416. The Labute approximate surface area is 100 Å². The fourth-order valence-electron chi connectivity index (χ4n) is 1.62. The molecule has 5 heteroatoms. The highest BCUT2D eigenvalue weighted by molar-refractivity contribution is 5.95. The van der Waals surface area contributed by atoms with Gasteiger partial charge in [-0.2, -0.15) is 0 Å². The Balaban J connectivity index is 2.14. The number of carbonyl (C=O) groups is 1. The maximum absolute atomic E-state index is 11.8. The summed E-state index contributed by atoms with van der Waals surface area (Å²) in [4.78, 5) is 11.8. The van der Waals surface area contributed by atoms with E-state index in [1.807, 2.05) is 0 Å². The maximum Gasteiger partial charge on any atom is 0.230 e. The number of methoxy groups -OCH3 is 2. The third kappa shape index (κ3) is 2.50. The first-order valence-electron chi connectivity index (χ1n) is 5.48. The van der Waals surface area contributed by atoms with Crippen LogP contribution in [0, 0.1) is 5.92 Å². The van der Waals surface area contributed by atoms with Crippen LogP contribution in [0.25, 0.3) is 0 Å². The van der Waals surface area contributed by atoms with Crippen LogP contribution >= 0.6 is 0 Å². The van der Waals surface area contributed by atoms with E-state index in [9.17, 15) is 4.79 Å². The molecule has 1 aliphatic heterocycles. The Morgan fingerprint density at radius 3 is 2.65 bits per heavy atom. The van der Waals surface area contributed by atoms with E-state index in [1.54, 1.807) is 32.4 Å². The van der Waals surface area contributed by atoms with Crippen molar-refractivity contribution in [1.29, 1.82) is 0 Å². The van der Waals surface area contributed by atoms with Gasteiger partial charge in [-0.3, -0.25) is 4.79 Å². The summed E-state index contributed by atoms with van der Waals surface area (Å²) in [5.41, 5.74) is 0.642. The van der Waals surface area contributed by atoms with E-state index < -0.39 is 0 Å². The zero-order chi connectivity index (χ0) is 12.3. The minimum absolute atomic E-state index is 0.00954. The van der Waals surface area contributed by atoms with Gasteiger partial charge in [0.1, 0.15) is 11.5 Å². The Morgan fingerprint density at radius 1 is 1.35 bits per heavy atom. The first-order valence-corrected chi connectivity index (χ1v) is 5.48. The van der Waals surface area contributed by atoms with Crippen LogP contribution in [0.1, 0.15) is 0 Å². The van der Waals surface area contributed by atoms with Gasteiger partial charge in [0.25, 0.3) is 0 Å². The molecule has 0 radical (unpaired) electrons. The number of hydrogen-bond donors (Lipinski definition) is 2. The van der Waals surface area contributed by atoms with Crippen LogP contribution in [0.5, 0.6) is 11.5 Å². The van der Waals surface area contributed by atoms with Gasteiger partial charge in [-0.15, -0.1) is 0 Å². The van der Waals surface area contributed by atoms with E-state index in [-0.39, 0.29) is 11.8 Å². The summed E-state index contributed by atoms with van der Waals surface area (Å²) >= 11 is 0. The van der Waals surface area contributed by atoms with E-state index in [4.69, 9.17) is 9.47 Å². The smallest absolute Gasteiger partial charge is 0.230 e. The molecular weight excluding hydrogens is 220 g/mol. The number of nitrogens with one attached hydrogen (secondary N) is 2. The SMILES string of the molecule is COc1ccc(OC)c(NC(=O)C2CNC2)c1. The summed E-state index contributed by atoms with van der Waals surface area (Å²) in [7, 11) is 3.16. The minimum atomic E-state index is 0.00954. The lowest BCUT2D eigenvalue weighted by molar-refractivity contribution is -0.121. The van der Waals surface area contributed by atoms with Crippen LogP contribution in [-0.2, 0) is 4.79 Å². The fourth-order valence-corrected chi connectivity index (χ4v) is 1.62. The van der Waals surface area contributed by atoms with Crippen molar-refractivity contribution in [3.8, 4) is 11.5 Å². The molecule has 1 aliphatic rings. The van der Waals surface area contributed by atoms with E-state index in [0.717, 1.165) is 13.1 Å². The molecule has 1 heterocycles. The molecule has 0 aromatic heterocycles. The van der Waals surface area contributed by atoms with Crippen LogP contribution in [0.2, 0.25) is 0 Å². The first-order chi connectivity index (χ1) is 8.24. The van der Waals surface area contributed by atoms with Crippen LogP contribution in [0.15, 0.2) is 18.2 Å². The van der Waals surface area contributed by atoms with Crippen molar-refractivity contribution in [3.05, 3.63) is 18.2 Å². The molecule has 5 nitrogen and oxygen atoms in total. The minimum Gasteiger partial charge on any atom is -0.497 e. The van der Waals surface area contributed by atoms with E-state index >= 15 is 0 Å². The number of rotatable bonds is 4. The molecule has 1 amide bonds. The van der Waals surface area contributed by atoms with E-state index in [1.165, 1.54) is 0 Å². The van der Waals surface area contributed by atoms with Crippen molar-refractivity contribution in [2.45, 2.75) is 0 Å². The lowest BCUT2D eigenvalue weighted by Gasteiger charge is -2.26.